The van der Waals surface area contributed by atoms with Crippen LogP contribution in [-0.4, -0.2) is 36.1 Å². The maximum Gasteiger partial charge on any atom is 0.326 e. The van der Waals surface area contributed by atoms with Crippen LogP contribution in [0.5, 0.6) is 0 Å². The zero-order valence-corrected chi connectivity index (χ0v) is 10.3. The van der Waals surface area contributed by atoms with E-state index >= 15 is 0 Å². The molecule has 1 aliphatic heterocycles. The Morgan fingerprint density at radius 3 is 2.89 bits per heavy atom. The molecule has 2 rings (SSSR count). The summed E-state index contributed by atoms with van der Waals surface area (Å²) in [6.45, 7) is 0.141. The summed E-state index contributed by atoms with van der Waals surface area (Å²) in [5.74, 6) is 1.10. The highest BCUT2D eigenvalue weighted by Crippen LogP contribution is 2.31. The number of fused-ring (bicyclic) bond motifs is 1. The molecule has 1 aromatic rings. The molecule has 0 spiro atoms. The number of carboxylic acids is 1. The Morgan fingerprint density at radius 1 is 1.47 bits per heavy atom. The van der Waals surface area contributed by atoms with Gasteiger partial charge in [0.25, 0.3) is 0 Å². The van der Waals surface area contributed by atoms with E-state index in [0.717, 1.165) is 11.3 Å². The number of benzene rings is 1. The van der Waals surface area contributed by atoms with Crippen LogP contribution in [0.25, 0.3) is 0 Å². The van der Waals surface area contributed by atoms with Crippen molar-refractivity contribution in [3.8, 4) is 12.3 Å². The molecule has 0 saturated carbocycles. The van der Waals surface area contributed by atoms with E-state index in [1.807, 2.05) is 24.3 Å². The first-order chi connectivity index (χ1) is 9.13. The van der Waals surface area contributed by atoms with E-state index < -0.39 is 12.0 Å². The number of amides is 1. The zero-order chi connectivity index (χ0) is 13.8. The molecule has 1 aliphatic rings. The van der Waals surface area contributed by atoms with Gasteiger partial charge in [0.05, 0.1) is 13.1 Å². The summed E-state index contributed by atoms with van der Waals surface area (Å²) in [6.07, 6.45) is 5.48. The molecule has 1 heterocycles. The van der Waals surface area contributed by atoms with Gasteiger partial charge < -0.3 is 15.3 Å². The molecule has 5 heteroatoms. The average Bonchev–Trinajstić information content (AvgIpc) is 2.76. The first-order valence-corrected chi connectivity index (χ1v) is 5.91. The first kappa shape index (κ1) is 13.0. The van der Waals surface area contributed by atoms with Crippen molar-refractivity contribution in [2.24, 2.45) is 0 Å². The van der Waals surface area contributed by atoms with Crippen molar-refractivity contribution in [1.29, 1.82) is 0 Å². The minimum Gasteiger partial charge on any atom is -0.480 e. The van der Waals surface area contributed by atoms with Gasteiger partial charge in [0, 0.05) is 12.1 Å². The van der Waals surface area contributed by atoms with Crippen LogP contribution in [0.15, 0.2) is 24.3 Å². The predicted molar refractivity (Wildman–Crippen MR) is 70.8 cm³/mol. The van der Waals surface area contributed by atoms with E-state index in [9.17, 15) is 14.7 Å². The van der Waals surface area contributed by atoms with Crippen molar-refractivity contribution in [2.45, 2.75) is 12.5 Å². The van der Waals surface area contributed by atoms with Gasteiger partial charge in [-0.2, -0.15) is 0 Å². The number of para-hydroxylation sites is 1. The van der Waals surface area contributed by atoms with Gasteiger partial charge in [-0.3, -0.25) is 4.79 Å². The van der Waals surface area contributed by atoms with Gasteiger partial charge in [0.15, 0.2) is 0 Å². The third-order valence-corrected chi connectivity index (χ3v) is 3.08. The zero-order valence-electron chi connectivity index (χ0n) is 10.3. The molecule has 19 heavy (non-hydrogen) atoms. The maximum absolute atomic E-state index is 11.7. The van der Waals surface area contributed by atoms with Crippen molar-refractivity contribution >= 4 is 17.6 Å². The topological polar surface area (TPSA) is 69.6 Å². The molecule has 0 radical (unpaired) electrons. The number of nitrogens with zero attached hydrogens (tertiary/aromatic N) is 1. The molecule has 1 atom stereocenters. The van der Waals surface area contributed by atoms with Crippen molar-refractivity contribution in [3.63, 3.8) is 0 Å². The molecule has 5 nitrogen and oxygen atoms in total. The summed E-state index contributed by atoms with van der Waals surface area (Å²) in [5, 5.41) is 11.8. The van der Waals surface area contributed by atoms with Crippen molar-refractivity contribution in [3.05, 3.63) is 29.8 Å². The van der Waals surface area contributed by atoms with Crippen LogP contribution in [0.1, 0.15) is 5.56 Å². The van der Waals surface area contributed by atoms with Crippen LogP contribution in [0.3, 0.4) is 0 Å². The number of nitrogens with one attached hydrogen (secondary N) is 1. The molecular weight excluding hydrogens is 244 g/mol. The highest BCUT2D eigenvalue weighted by Gasteiger charge is 2.34. The lowest BCUT2D eigenvalue weighted by Crippen LogP contribution is -2.44. The summed E-state index contributed by atoms with van der Waals surface area (Å²) in [7, 11) is 0. The lowest BCUT2D eigenvalue weighted by atomic mass is 10.1. The van der Waals surface area contributed by atoms with Crippen molar-refractivity contribution in [2.75, 3.05) is 18.0 Å². The van der Waals surface area contributed by atoms with Crippen molar-refractivity contribution < 1.29 is 14.7 Å². The number of terminal acetylenes is 1. The molecule has 2 N–H and O–H groups in total. The van der Waals surface area contributed by atoms with Gasteiger partial charge >= 0.3 is 5.97 Å². The van der Waals surface area contributed by atoms with Crippen LogP contribution >= 0.6 is 0 Å². The van der Waals surface area contributed by atoms with Gasteiger partial charge in [-0.05, 0) is 11.6 Å². The summed E-state index contributed by atoms with van der Waals surface area (Å²) in [4.78, 5) is 24.6. The number of carbonyl (C=O) groups excluding carboxylic acids is 1. The third kappa shape index (κ3) is 2.68. The predicted octanol–water partition coefficient (Wildman–Crippen LogP) is 0.252. The Kier molecular flexibility index (Phi) is 3.71. The van der Waals surface area contributed by atoms with Crippen molar-refractivity contribution in [1.82, 2.24) is 5.32 Å². The van der Waals surface area contributed by atoms with E-state index in [4.69, 9.17) is 6.42 Å². The fourth-order valence-corrected chi connectivity index (χ4v) is 2.23. The Bertz CT molecular complexity index is 548. The monoisotopic (exact) mass is 258 g/mol. The molecule has 1 amide bonds. The molecule has 1 unspecified atom stereocenters. The van der Waals surface area contributed by atoms with Gasteiger partial charge in [0.1, 0.15) is 6.04 Å². The van der Waals surface area contributed by atoms with E-state index in [-0.39, 0.29) is 19.0 Å². The summed E-state index contributed by atoms with van der Waals surface area (Å²) in [5.41, 5.74) is 1.74. The van der Waals surface area contributed by atoms with Crippen LogP contribution in [0.4, 0.5) is 5.69 Å². The van der Waals surface area contributed by atoms with Gasteiger partial charge in [-0.1, -0.05) is 24.1 Å². The number of hydrogen-bond acceptors (Lipinski definition) is 3. The Morgan fingerprint density at radius 2 is 2.21 bits per heavy atom. The SMILES string of the molecule is C#CCNC(=O)CN1c2ccccc2CC1C(=O)O. The van der Waals surface area contributed by atoms with Crippen LogP contribution in [-0.2, 0) is 16.0 Å². The first-order valence-electron chi connectivity index (χ1n) is 5.91. The van der Waals surface area contributed by atoms with Gasteiger partial charge in [0.2, 0.25) is 5.91 Å². The molecule has 0 saturated heterocycles. The molecule has 0 aromatic heterocycles. The minimum absolute atomic E-state index is 0.00431. The standard InChI is InChI=1S/C14H14N2O3/c1-2-7-15-13(17)9-16-11-6-4-3-5-10(11)8-12(16)14(18)19/h1,3-6,12H,7-9H2,(H,15,17)(H,18,19). The molecule has 98 valence electrons. The molecule has 0 bridgehead atoms. The van der Waals surface area contributed by atoms with Gasteiger partial charge in [-0.25, -0.2) is 4.79 Å². The number of carboxylic acid groups (broad SMARTS) is 1. The number of anilines is 1. The highest BCUT2D eigenvalue weighted by molar-refractivity contribution is 5.88. The molecule has 1 aromatic carbocycles. The highest BCUT2D eigenvalue weighted by atomic mass is 16.4. The minimum atomic E-state index is -0.930. The lowest BCUT2D eigenvalue weighted by Gasteiger charge is -2.23. The number of hydrogen-bond donors (Lipinski definition) is 2. The summed E-state index contributed by atoms with van der Waals surface area (Å²) in [6, 6.07) is 6.70. The number of rotatable bonds is 4. The quantitative estimate of drug-likeness (QED) is 0.760. The second-order valence-corrected chi connectivity index (χ2v) is 4.30. The Hall–Kier alpha value is -2.48. The molecule has 0 aliphatic carbocycles. The van der Waals surface area contributed by atoms with E-state index in [0.29, 0.717) is 6.42 Å². The summed E-state index contributed by atoms with van der Waals surface area (Å²) < 4.78 is 0. The van der Waals surface area contributed by atoms with E-state index in [1.54, 1.807) is 4.90 Å². The second-order valence-electron chi connectivity index (χ2n) is 4.30. The normalized spacial score (nSPS) is 16.6. The number of aliphatic carboxylic acids is 1. The lowest BCUT2D eigenvalue weighted by molar-refractivity contribution is -0.138. The number of carbonyl (C=O) groups is 2. The van der Waals surface area contributed by atoms with E-state index in [1.165, 1.54) is 0 Å². The van der Waals surface area contributed by atoms with Crippen LogP contribution in [0, 0.1) is 12.3 Å². The fourth-order valence-electron chi connectivity index (χ4n) is 2.23. The smallest absolute Gasteiger partial charge is 0.326 e. The third-order valence-electron chi connectivity index (χ3n) is 3.08. The average molecular weight is 258 g/mol. The Labute approximate surface area is 111 Å². The molecular formula is C14H14N2O3. The van der Waals surface area contributed by atoms with Crippen LogP contribution < -0.4 is 10.2 Å². The summed E-state index contributed by atoms with van der Waals surface area (Å²) >= 11 is 0. The fraction of sp³-hybridized carbons (Fsp3) is 0.286. The second kappa shape index (κ2) is 5.44. The Balaban J connectivity index is 2.18. The van der Waals surface area contributed by atoms with E-state index in [2.05, 4.69) is 11.2 Å². The van der Waals surface area contributed by atoms with Gasteiger partial charge in [-0.15, -0.1) is 6.42 Å². The maximum atomic E-state index is 11.7. The molecule has 0 fully saturated rings. The van der Waals surface area contributed by atoms with Crippen LogP contribution in [0.2, 0.25) is 0 Å². The largest absolute Gasteiger partial charge is 0.480 e.